The number of hydrogen-bond donors (Lipinski definition) is 7. The van der Waals surface area contributed by atoms with Gasteiger partial charge in [-0.25, -0.2) is 0 Å². The largest absolute Gasteiger partial charge is 0.508 e. The molecule has 1 aliphatic heterocycles. The van der Waals surface area contributed by atoms with Crippen LogP contribution >= 0.6 is 0 Å². The molecule has 0 saturated carbocycles. The standard InChI is InChI=1S/C28H36N2O12/c1-16(33)39-27-25(37)23(15-32)42-28(26(27)38)41-21(12-29-10-17-6-2-4-8-19(17)34)22(14-31)40-24(36)13-30-11-18-7-3-5-9-20(18)35/h2-9,12-13,21-28,31-32,34-38H,10-11,14-15H2,1H3/t21-,22-,23+,24+,25+,26+,27-,28+/m1/s1. The highest BCUT2D eigenvalue weighted by molar-refractivity contribution is 5.66. The van der Waals surface area contributed by atoms with Crippen molar-refractivity contribution >= 4 is 18.4 Å². The molecule has 3 rings (SSSR count). The van der Waals surface area contributed by atoms with Crippen molar-refractivity contribution in [3.63, 3.8) is 0 Å². The molecule has 8 atom stereocenters. The maximum absolute atomic E-state index is 11.6. The molecule has 14 nitrogen and oxygen atoms in total. The van der Waals surface area contributed by atoms with Crippen molar-refractivity contribution in [2.45, 2.75) is 69.2 Å². The highest BCUT2D eigenvalue weighted by atomic mass is 16.7. The van der Waals surface area contributed by atoms with Gasteiger partial charge in [0.05, 0.1) is 32.5 Å². The van der Waals surface area contributed by atoms with E-state index in [1.54, 1.807) is 36.4 Å². The van der Waals surface area contributed by atoms with Gasteiger partial charge in [-0.05, 0) is 12.1 Å². The Morgan fingerprint density at radius 3 is 2.05 bits per heavy atom. The molecule has 1 fully saturated rings. The molecule has 230 valence electrons. The molecule has 1 heterocycles. The number of para-hydroxylation sites is 2. The van der Waals surface area contributed by atoms with Crippen molar-refractivity contribution in [1.82, 2.24) is 0 Å². The lowest BCUT2D eigenvalue weighted by Crippen LogP contribution is -2.61. The van der Waals surface area contributed by atoms with Crippen LogP contribution < -0.4 is 0 Å². The van der Waals surface area contributed by atoms with E-state index in [9.17, 15) is 40.5 Å². The molecule has 0 aromatic heterocycles. The first-order valence-electron chi connectivity index (χ1n) is 13.1. The molecule has 2 aromatic rings. The summed E-state index contributed by atoms with van der Waals surface area (Å²) in [6, 6.07) is 13.0. The average Bonchev–Trinajstić information content (AvgIpc) is 2.96. The van der Waals surface area contributed by atoms with Crippen LogP contribution in [0.3, 0.4) is 0 Å². The third-order valence-electron chi connectivity index (χ3n) is 6.27. The number of rotatable bonds is 14. The lowest BCUT2D eigenvalue weighted by molar-refractivity contribution is -0.315. The summed E-state index contributed by atoms with van der Waals surface area (Å²) >= 11 is 0. The first kappa shape index (κ1) is 33.0. The van der Waals surface area contributed by atoms with Gasteiger partial charge in [0.25, 0.3) is 0 Å². The number of ether oxygens (including phenoxy) is 4. The first-order valence-corrected chi connectivity index (χ1v) is 13.1. The molecule has 1 saturated heterocycles. The molecule has 42 heavy (non-hydrogen) atoms. The Balaban J connectivity index is 1.79. The van der Waals surface area contributed by atoms with Crippen molar-refractivity contribution in [3.05, 3.63) is 59.7 Å². The van der Waals surface area contributed by atoms with E-state index in [4.69, 9.17) is 18.9 Å². The molecule has 0 spiro atoms. The van der Waals surface area contributed by atoms with Crippen molar-refractivity contribution in [3.8, 4) is 11.5 Å². The zero-order valence-electron chi connectivity index (χ0n) is 22.8. The van der Waals surface area contributed by atoms with Gasteiger partial charge in [-0.2, -0.15) is 0 Å². The van der Waals surface area contributed by atoms with Gasteiger partial charge in [0.15, 0.2) is 18.7 Å². The first-order chi connectivity index (χ1) is 20.1. The quantitative estimate of drug-likeness (QED) is 0.0830. The summed E-state index contributed by atoms with van der Waals surface area (Å²) in [5, 5.41) is 71.3. The highest BCUT2D eigenvalue weighted by Crippen LogP contribution is 2.26. The van der Waals surface area contributed by atoms with Crippen LogP contribution in [0.25, 0.3) is 0 Å². The number of aliphatic imine (C=N–C) groups is 2. The predicted molar refractivity (Wildman–Crippen MR) is 147 cm³/mol. The monoisotopic (exact) mass is 592 g/mol. The summed E-state index contributed by atoms with van der Waals surface area (Å²) in [7, 11) is 0. The number of esters is 1. The summed E-state index contributed by atoms with van der Waals surface area (Å²) in [5.74, 6) is -0.788. The number of phenols is 2. The summed E-state index contributed by atoms with van der Waals surface area (Å²) < 4.78 is 21.9. The Bertz CT molecular complexity index is 1190. The second kappa shape index (κ2) is 16.2. The van der Waals surface area contributed by atoms with E-state index in [-0.39, 0.29) is 24.6 Å². The fraction of sp³-hybridized carbons (Fsp3) is 0.464. The third-order valence-corrected chi connectivity index (χ3v) is 6.27. The molecule has 2 aromatic carbocycles. The lowest BCUT2D eigenvalue weighted by Gasteiger charge is -2.42. The topological polar surface area (TPSA) is 220 Å². The number of phenolic OH excluding ortho intramolecular Hbond substituents is 2. The predicted octanol–water partition coefficient (Wildman–Crippen LogP) is -0.609. The Morgan fingerprint density at radius 1 is 0.952 bits per heavy atom. The molecule has 0 radical (unpaired) electrons. The van der Waals surface area contributed by atoms with Crippen LogP contribution in [0, 0.1) is 0 Å². The summed E-state index contributed by atoms with van der Waals surface area (Å²) in [6.07, 6.45) is -9.79. The van der Waals surface area contributed by atoms with E-state index in [0.717, 1.165) is 13.1 Å². The van der Waals surface area contributed by atoms with Gasteiger partial charge in [-0.15, -0.1) is 0 Å². The van der Waals surface area contributed by atoms with E-state index >= 15 is 0 Å². The van der Waals surface area contributed by atoms with Crippen LogP contribution in [0.15, 0.2) is 58.5 Å². The van der Waals surface area contributed by atoms with Gasteiger partial charge < -0.3 is 54.7 Å². The maximum Gasteiger partial charge on any atom is 0.303 e. The Kier molecular flexibility index (Phi) is 12.8. The highest BCUT2D eigenvalue weighted by Gasteiger charge is 2.48. The van der Waals surface area contributed by atoms with Crippen LogP contribution in [0.4, 0.5) is 0 Å². The van der Waals surface area contributed by atoms with E-state index in [1.165, 1.54) is 18.3 Å². The molecule has 0 unspecified atom stereocenters. The number of hydrogen-bond acceptors (Lipinski definition) is 14. The van der Waals surface area contributed by atoms with E-state index < -0.39 is 68.4 Å². The molecule has 14 heteroatoms. The van der Waals surface area contributed by atoms with Gasteiger partial charge in [-0.1, -0.05) is 36.4 Å². The summed E-state index contributed by atoms with van der Waals surface area (Å²) in [5.41, 5.74) is 0.973. The molecule has 0 amide bonds. The van der Waals surface area contributed by atoms with Crippen LogP contribution in [0.2, 0.25) is 0 Å². The molecule has 0 aliphatic carbocycles. The molecule has 7 N–H and O–H groups in total. The number of carbonyl (C=O) groups is 1. The number of aliphatic hydroxyl groups excluding tert-OH is 5. The van der Waals surface area contributed by atoms with Gasteiger partial charge in [0.2, 0.25) is 0 Å². The van der Waals surface area contributed by atoms with E-state index in [1.807, 2.05) is 0 Å². The Morgan fingerprint density at radius 2 is 1.52 bits per heavy atom. The van der Waals surface area contributed by atoms with Crippen LogP contribution in [-0.2, 0) is 36.8 Å². The van der Waals surface area contributed by atoms with Crippen molar-refractivity contribution in [2.75, 3.05) is 13.2 Å². The minimum atomic E-state index is -1.73. The van der Waals surface area contributed by atoms with Gasteiger partial charge in [0, 0.05) is 24.3 Å². The van der Waals surface area contributed by atoms with Crippen molar-refractivity contribution in [2.24, 2.45) is 9.98 Å². The number of carbonyl (C=O) groups excluding carboxylic acids is 1. The number of aliphatic hydroxyl groups is 5. The van der Waals surface area contributed by atoms with Crippen LogP contribution in [0.1, 0.15) is 18.1 Å². The lowest BCUT2D eigenvalue weighted by atomic mass is 9.99. The maximum atomic E-state index is 11.6. The van der Waals surface area contributed by atoms with Gasteiger partial charge in [-0.3, -0.25) is 14.8 Å². The van der Waals surface area contributed by atoms with E-state index in [0.29, 0.717) is 11.1 Å². The number of aromatic hydroxyl groups is 2. The summed E-state index contributed by atoms with van der Waals surface area (Å²) in [4.78, 5) is 19.8. The Labute approximate surface area is 241 Å². The molecular formula is C28H36N2O12. The fourth-order valence-electron chi connectivity index (χ4n) is 4.09. The van der Waals surface area contributed by atoms with Gasteiger partial charge in [0.1, 0.15) is 42.0 Å². The number of benzene rings is 2. The smallest absolute Gasteiger partial charge is 0.303 e. The SMILES string of the molecule is CC(=O)O[C@H]1[C@H](O)[C@@H](O[C@H](C=NCc2ccccc2O)[C@@H](CO)O[C@H](O)C=NCc2ccccc2O)O[C@@H](CO)[C@@H]1O. The van der Waals surface area contributed by atoms with E-state index in [2.05, 4.69) is 9.98 Å². The van der Waals surface area contributed by atoms with Crippen molar-refractivity contribution in [1.29, 1.82) is 0 Å². The van der Waals surface area contributed by atoms with Crippen LogP contribution in [0.5, 0.6) is 11.5 Å². The molecular weight excluding hydrogens is 556 g/mol. The zero-order chi connectivity index (χ0) is 30.6. The normalized spacial score (nSPS) is 25.0. The molecule has 0 bridgehead atoms. The number of nitrogens with zero attached hydrogens (tertiary/aromatic N) is 2. The second-order valence-corrected chi connectivity index (χ2v) is 9.37. The minimum absolute atomic E-state index is 0.00630. The van der Waals surface area contributed by atoms with Gasteiger partial charge >= 0.3 is 5.97 Å². The average molecular weight is 593 g/mol. The minimum Gasteiger partial charge on any atom is -0.508 e. The summed E-state index contributed by atoms with van der Waals surface area (Å²) in [6.45, 7) is -0.338. The fourth-order valence-corrected chi connectivity index (χ4v) is 4.09. The second-order valence-electron chi connectivity index (χ2n) is 9.37. The Hall–Kier alpha value is -3.47. The zero-order valence-corrected chi connectivity index (χ0v) is 22.8. The van der Waals surface area contributed by atoms with Crippen LogP contribution in [-0.4, -0.2) is 117 Å². The molecule has 1 aliphatic rings. The third kappa shape index (κ3) is 9.27. The van der Waals surface area contributed by atoms with Crippen molar-refractivity contribution < 1.29 is 59.5 Å².